The van der Waals surface area contributed by atoms with E-state index in [0.29, 0.717) is 28.3 Å². The summed E-state index contributed by atoms with van der Waals surface area (Å²) in [5.74, 6) is -0.737. The van der Waals surface area contributed by atoms with Crippen molar-refractivity contribution in [1.82, 2.24) is 20.4 Å². The molecular weight excluding hydrogens is 484 g/mol. The predicted molar refractivity (Wildman–Crippen MR) is 144 cm³/mol. The van der Waals surface area contributed by atoms with Crippen molar-refractivity contribution in [3.8, 4) is 28.1 Å². The molecule has 0 fully saturated rings. The smallest absolute Gasteiger partial charge is 0.256 e. The second-order valence-corrected chi connectivity index (χ2v) is 9.01. The molecule has 10 nitrogen and oxygen atoms in total. The maximum Gasteiger partial charge on any atom is 0.256 e. The molecule has 192 valence electrons. The van der Waals surface area contributed by atoms with Gasteiger partial charge in [-0.1, -0.05) is 24.8 Å². The zero-order valence-corrected chi connectivity index (χ0v) is 20.9. The van der Waals surface area contributed by atoms with Gasteiger partial charge in [-0.25, -0.2) is 0 Å². The molecule has 0 atom stereocenters. The van der Waals surface area contributed by atoms with Gasteiger partial charge < -0.3 is 26.4 Å². The van der Waals surface area contributed by atoms with Gasteiger partial charge in [0.25, 0.3) is 11.8 Å². The Balaban J connectivity index is 1.58. The largest absolute Gasteiger partial charge is 0.496 e. The highest BCUT2D eigenvalue weighted by atomic mass is 16.5. The molecule has 0 saturated heterocycles. The predicted octanol–water partition coefficient (Wildman–Crippen LogP) is 2.84. The second kappa shape index (κ2) is 9.40. The lowest BCUT2D eigenvalue weighted by Gasteiger charge is -2.15. The van der Waals surface area contributed by atoms with Crippen LogP contribution in [0.3, 0.4) is 0 Å². The van der Waals surface area contributed by atoms with Crippen LogP contribution in [-0.4, -0.2) is 53.5 Å². The number of aromatic nitrogens is 2. The summed E-state index contributed by atoms with van der Waals surface area (Å²) in [6, 6.07) is 14.7. The Labute approximate surface area is 218 Å². The number of nitrogens with zero attached hydrogens (tertiary/aromatic N) is 2. The molecular formula is C28H26N6O4. The van der Waals surface area contributed by atoms with Crippen molar-refractivity contribution in [2.45, 2.75) is 6.54 Å². The minimum atomic E-state index is -0.653. The van der Waals surface area contributed by atoms with Crippen LogP contribution < -0.4 is 21.5 Å². The number of methoxy groups -OCH3 is 1. The highest BCUT2D eigenvalue weighted by molar-refractivity contribution is 6.06. The number of benzene rings is 3. The molecule has 3 amide bonds. The van der Waals surface area contributed by atoms with Crippen molar-refractivity contribution in [2.24, 2.45) is 5.73 Å². The lowest BCUT2D eigenvalue weighted by atomic mass is 9.94. The summed E-state index contributed by atoms with van der Waals surface area (Å²) in [5, 5.41) is 11.0. The first-order valence-corrected chi connectivity index (χ1v) is 11.8. The standard InChI is InChI=1S/C28H26N6O4/c1-14(26(30)35)12-34-13-20-17(7-8-21(29)24(20)28(34)37)15-5-9-22-19(10-15)25(33-32-22)16-4-6-18(27(36)31-2)23(11-16)38-3/h4-11H,1,12-13,29H2,2-3H3,(H2,30,35)(H,31,36)(H,32,33). The average molecular weight is 511 g/mol. The van der Waals surface area contributed by atoms with Crippen LogP contribution >= 0.6 is 0 Å². The topological polar surface area (TPSA) is 156 Å². The van der Waals surface area contributed by atoms with Crippen molar-refractivity contribution in [3.63, 3.8) is 0 Å². The van der Waals surface area contributed by atoms with E-state index >= 15 is 0 Å². The first-order chi connectivity index (χ1) is 18.2. The number of hydrogen-bond donors (Lipinski definition) is 4. The van der Waals surface area contributed by atoms with Crippen LogP contribution in [-0.2, 0) is 11.3 Å². The van der Waals surface area contributed by atoms with Crippen LogP contribution in [0.4, 0.5) is 5.69 Å². The molecule has 0 radical (unpaired) electrons. The fourth-order valence-electron chi connectivity index (χ4n) is 4.77. The zero-order valence-electron chi connectivity index (χ0n) is 20.9. The fourth-order valence-corrected chi connectivity index (χ4v) is 4.77. The molecule has 6 N–H and O–H groups in total. The molecule has 4 aromatic rings. The van der Waals surface area contributed by atoms with Gasteiger partial charge in [0.1, 0.15) is 11.4 Å². The summed E-state index contributed by atoms with van der Waals surface area (Å²) in [6.45, 7) is 3.98. The van der Waals surface area contributed by atoms with Gasteiger partial charge in [0.15, 0.2) is 0 Å². The van der Waals surface area contributed by atoms with E-state index in [1.807, 2.05) is 30.3 Å². The lowest BCUT2D eigenvalue weighted by molar-refractivity contribution is -0.114. The van der Waals surface area contributed by atoms with Crippen molar-refractivity contribution in [1.29, 1.82) is 0 Å². The molecule has 0 spiro atoms. The Morgan fingerprint density at radius 1 is 1.16 bits per heavy atom. The van der Waals surface area contributed by atoms with Gasteiger partial charge in [0.05, 0.1) is 30.3 Å². The SMILES string of the molecule is C=C(CN1Cc2c(-c3ccc4[nH]nc(-c5ccc(C(=O)NC)c(OC)c5)c4c3)ccc(N)c2C1=O)C(N)=O. The molecule has 10 heteroatoms. The number of fused-ring (bicyclic) bond motifs is 2. The number of H-pyrrole nitrogens is 1. The van der Waals surface area contributed by atoms with Gasteiger partial charge in [-0.2, -0.15) is 5.10 Å². The molecule has 5 rings (SSSR count). The third kappa shape index (κ3) is 4.01. The normalized spacial score (nSPS) is 12.5. The Hall–Kier alpha value is -5.12. The molecule has 0 unspecified atom stereocenters. The van der Waals surface area contributed by atoms with Crippen molar-refractivity contribution in [3.05, 3.63) is 77.4 Å². The summed E-state index contributed by atoms with van der Waals surface area (Å²) >= 11 is 0. The summed E-state index contributed by atoms with van der Waals surface area (Å²) in [5.41, 5.74) is 17.6. The van der Waals surface area contributed by atoms with Crippen molar-refractivity contribution >= 4 is 34.3 Å². The first-order valence-electron chi connectivity index (χ1n) is 11.8. The van der Waals surface area contributed by atoms with Crippen LogP contribution in [0.15, 0.2) is 60.7 Å². The number of primary amides is 1. The minimum absolute atomic E-state index is 0.0283. The van der Waals surface area contributed by atoms with Gasteiger partial charge in [0, 0.05) is 35.8 Å². The van der Waals surface area contributed by atoms with Crippen LogP contribution in [0.5, 0.6) is 5.75 Å². The number of anilines is 1. The summed E-state index contributed by atoms with van der Waals surface area (Å²) in [6.07, 6.45) is 0. The fraction of sp³-hybridized carbons (Fsp3) is 0.143. The Morgan fingerprint density at radius 2 is 1.92 bits per heavy atom. The first kappa shape index (κ1) is 24.6. The van der Waals surface area contributed by atoms with Gasteiger partial charge in [0.2, 0.25) is 5.91 Å². The van der Waals surface area contributed by atoms with Gasteiger partial charge in [-0.15, -0.1) is 0 Å². The maximum absolute atomic E-state index is 13.1. The van der Waals surface area contributed by atoms with Crippen LogP contribution in [0.25, 0.3) is 33.3 Å². The highest BCUT2D eigenvalue weighted by Crippen LogP contribution is 2.38. The lowest BCUT2D eigenvalue weighted by Crippen LogP contribution is -2.30. The van der Waals surface area contributed by atoms with E-state index in [4.69, 9.17) is 16.2 Å². The zero-order chi connectivity index (χ0) is 27.1. The monoisotopic (exact) mass is 510 g/mol. The Kier molecular flexibility index (Phi) is 6.08. The third-order valence-electron chi connectivity index (χ3n) is 6.75. The molecule has 1 aliphatic heterocycles. The van der Waals surface area contributed by atoms with E-state index in [0.717, 1.165) is 33.2 Å². The third-order valence-corrected chi connectivity index (χ3v) is 6.75. The van der Waals surface area contributed by atoms with Gasteiger partial charge >= 0.3 is 0 Å². The Morgan fingerprint density at radius 3 is 2.63 bits per heavy atom. The number of aromatic amines is 1. The summed E-state index contributed by atoms with van der Waals surface area (Å²) in [4.78, 5) is 38.3. The number of carbonyl (C=O) groups excluding carboxylic acids is 3. The van der Waals surface area contributed by atoms with E-state index in [-0.39, 0.29) is 30.5 Å². The van der Waals surface area contributed by atoms with Crippen LogP contribution in [0.2, 0.25) is 0 Å². The maximum atomic E-state index is 13.1. The van der Waals surface area contributed by atoms with E-state index < -0.39 is 5.91 Å². The minimum Gasteiger partial charge on any atom is -0.496 e. The van der Waals surface area contributed by atoms with Crippen molar-refractivity contribution < 1.29 is 19.1 Å². The molecule has 1 aromatic heterocycles. The number of rotatable bonds is 7. The van der Waals surface area contributed by atoms with Crippen molar-refractivity contribution in [2.75, 3.05) is 26.4 Å². The summed E-state index contributed by atoms with van der Waals surface area (Å²) in [7, 11) is 3.07. The number of carbonyl (C=O) groups is 3. The van der Waals surface area contributed by atoms with E-state index in [2.05, 4.69) is 22.1 Å². The van der Waals surface area contributed by atoms with Crippen LogP contribution in [0, 0.1) is 0 Å². The quantitative estimate of drug-likeness (QED) is 0.221. The number of nitrogens with two attached hydrogens (primary N) is 2. The Bertz CT molecular complexity index is 1650. The second-order valence-electron chi connectivity index (χ2n) is 9.01. The molecule has 3 aromatic carbocycles. The number of nitrogens with one attached hydrogen (secondary N) is 2. The van der Waals surface area contributed by atoms with Crippen LogP contribution in [0.1, 0.15) is 26.3 Å². The molecule has 2 heterocycles. The summed E-state index contributed by atoms with van der Waals surface area (Å²) < 4.78 is 5.45. The average Bonchev–Trinajstić information content (AvgIpc) is 3.49. The molecule has 0 saturated carbocycles. The number of amides is 3. The molecule has 1 aliphatic rings. The van der Waals surface area contributed by atoms with E-state index in [1.165, 1.54) is 12.0 Å². The van der Waals surface area contributed by atoms with E-state index in [9.17, 15) is 14.4 Å². The van der Waals surface area contributed by atoms with Gasteiger partial charge in [-0.05, 0) is 47.0 Å². The molecule has 0 bridgehead atoms. The van der Waals surface area contributed by atoms with E-state index in [1.54, 1.807) is 25.2 Å². The molecule has 0 aliphatic carbocycles. The van der Waals surface area contributed by atoms with Gasteiger partial charge in [-0.3, -0.25) is 19.5 Å². The number of nitrogen functional groups attached to an aromatic ring is 1. The highest BCUT2D eigenvalue weighted by Gasteiger charge is 2.32. The number of ether oxygens (including phenoxy) is 1. The molecule has 38 heavy (non-hydrogen) atoms. The number of hydrogen-bond acceptors (Lipinski definition) is 6.